The lowest BCUT2D eigenvalue weighted by molar-refractivity contribution is 0.607. The highest BCUT2D eigenvalue weighted by atomic mass is 15.8. The molecule has 6 nitrogen and oxygen atoms in total. The topological polar surface area (TPSA) is 50.1 Å². The molecule has 0 N–H and O–H groups in total. The van der Waals surface area contributed by atoms with Crippen LogP contribution in [0, 0.1) is 0 Å². The van der Waals surface area contributed by atoms with Gasteiger partial charge in [-0.15, -0.1) is 4.79 Å². The van der Waals surface area contributed by atoms with E-state index in [4.69, 9.17) is 0 Å². The summed E-state index contributed by atoms with van der Waals surface area (Å²) in [7, 11) is 7.55. The fraction of sp³-hybridized carbons (Fsp3) is 0.800. The van der Waals surface area contributed by atoms with Crippen LogP contribution in [0.25, 0.3) is 0 Å². The molecule has 1 aromatic heterocycles. The van der Waals surface area contributed by atoms with Gasteiger partial charge in [0.25, 0.3) is 5.95 Å². The lowest BCUT2D eigenvalue weighted by Gasteiger charge is -2.16. The van der Waals surface area contributed by atoms with Crippen molar-refractivity contribution in [1.82, 2.24) is 20.3 Å². The maximum atomic E-state index is 3.82. The highest BCUT2D eigenvalue weighted by Gasteiger charge is 2.07. The van der Waals surface area contributed by atoms with E-state index in [1.165, 1.54) is 0 Å². The first kappa shape index (κ1) is 7.77. The zero-order valence-corrected chi connectivity index (χ0v) is 7.18. The third kappa shape index (κ3) is 1.39. The summed E-state index contributed by atoms with van der Waals surface area (Å²) in [6.45, 7) is 0. The van der Waals surface area contributed by atoms with Gasteiger partial charge < -0.3 is 4.90 Å². The van der Waals surface area contributed by atoms with Crippen LogP contribution in [0.4, 0.5) is 5.95 Å². The fourth-order valence-corrected chi connectivity index (χ4v) is 0.705. The zero-order valence-electron chi connectivity index (χ0n) is 7.18. The molecule has 0 radical (unpaired) electrons. The minimum atomic E-state index is 0.718. The molecule has 62 valence electrons. The number of rotatable bonds is 2. The van der Waals surface area contributed by atoms with Crippen molar-refractivity contribution in [2.45, 2.75) is 0 Å². The number of anilines is 1. The molecule has 0 fully saturated rings. The summed E-state index contributed by atoms with van der Waals surface area (Å²) in [5.41, 5.74) is 0. The smallest absolute Gasteiger partial charge is 0.265 e. The van der Waals surface area contributed by atoms with E-state index < -0.39 is 0 Å². The first-order valence-corrected chi connectivity index (χ1v) is 3.26. The van der Waals surface area contributed by atoms with E-state index in [1.807, 2.05) is 33.1 Å². The molecule has 0 spiro atoms. The van der Waals surface area contributed by atoms with Crippen molar-refractivity contribution in [1.29, 1.82) is 0 Å². The van der Waals surface area contributed by atoms with Gasteiger partial charge in [-0.1, -0.05) is 5.10 Å². The third-order valence-corrected chi connectivity index (χ3v) is 1.22. The summed E-state index contributed by atoms with van der Waals surface area (Å²) in [5.74, 6) is 0.718. The van der Waals surface area contributed by atoms with Crippen LogP contribution < -0.4 is 9.91 Å². The Morgan fingerprint density at radius 3 is 2.18 bits per heavy atom. The lowest BCUT2D eigenvalue weighted by Crippen LogP contribution is -2.30. The molecular formula is C5H12N6. The molecule has 11 heavy (non-hydrogen) atoms. The van der Waals surface area contributed by atoms with Gasteiger partial charge in [0.1, 0.15) is 0 Å². The highest BCUT2D eigenvalue weighted by Crippen LogP contribution is 2.01. The average Bonchev–Trinajstić information content (AvgIpc) is 2.32. The van der Waals surface area contributed by atoms with Crippen molar-refractivity contribution >= 4 is 5.95 Å². The third-order valence-electron chi connectivity index (χ3n) is 1.22. The van der Waals surface area contributed by atoms with Gasteiger partial charge in [0, 0.05) is 28.2 Å². The second-order valence-electron chi connectivity index (χ2n) is 2.61. The molecule has 0 saturated carbocycles. The predicted molar refractivity (Wildman–Crippen MR) is 42.2 cm³/mol. The Bertz CT molecular complexity index is 204. The van der Waals surface area contributed by atoms with Gasteiger partial charge in [-0.3, -0.25) is 5.01 Å². The van der Waals surface area contributed by atoms with Gasteiger partial charge >= 0.3 is 0 Å². The molecule has 1 aromatic rings. The van der Waals surface area contributed by atoms with E-state index in [9.17, 15) is 0 Å². The maximum Gasteiger partial charge on any atom is 0.265 e. The number of aromatic nitrogens is 4. The van der Waals surface area contributed by atoms with Crippen molar-refractivity contribution in [3.63, 3.8) is 0 Å². The second kappa shape index (κ2) is 2.73. The van der Waals surface area contributed by atoms with Gasteiger partial charge in [-0.05, 0) is 10.4 Å². The van der Waals surface area contributed by atoms with Gasteiger partial charge in [-0.25, -0.2) is 0 Å². The molecule has 0 unspecified atom stereocenters. The summed E-state index contributed by atoms with van der Waals surface area (Å²) in [5, 5.41) is 12.9. The van der Waals surface area contributed by atoms with Crippen LogP contribution in [-0.4, -0.2) is 48.5 Å². The molecule has 6 heteroatoms. The van der Waals surface area contributed by atoms with Crippen LogP contribution in [0.3, 0.4) is 0 Å². The largest absolute Gasteiger partial charge is 0.344 e. The standard InChI is InChI=1S/C5H12N6/c1-9(2)5-6-7-8-11(5)10(3)4/h1-4H3. The van der Waals surface area contributed by atoms with Crippen molar-refractivity contribution in [2.24, 2.45) is 0 Å². The first-order chi connectivity index (χ1) is 5.13. The minimum absolute atomic E-state index is 0.718. The van der Waals surface area contributed by atoms with Gasteiger partial charge in [0.15, 0.2) is 0 Å². The summed E-state index contributed by atoms with van der Waals surface area (Å²) in [4.78, 5) is 3.46. The van der Waals surface area contributed by atoms with Crippen LogP contribution in [0.15, 0.2) is 0 Å². The van der Waals surface area contributed by atoms with E-state index in [-0.39, 0.29) is 0 Å². The second-order valence-corrected chi connectivity index (χ2v) is 2.61. The molecule has 0 aliphatic heterocycles. The fourth-order valence-electron chi connectivity index (χ4n) is 0.705. The van der Waals surface area contributed by atoms with Crippen molar-refractivity contribution in [3.8, 4) is 0 Å². The molecule has 0 amide bonds. The van der Waals surface area contributed by atoms with Gasteiger partial charge in [-0.2, -0.15) is 0 Å². The van der Waals surface area contributed by atoms with Crippen LogP contribution in [0.1, 0.15) is 0 Å². The molecule has 0 aliphatic carbocycles. The van der Waals surface area contributed by atoms with Crippen molar-refractivity contribution in [2.75, 3.05) is 38.1 Å². The van der Waals surface area contributed by atoms with Gasteiger partial charge in [0.05, 0.1) is 0 Å². The SMILES string of the molecule is CN(C)c1nnnn1N(C)C. The summed E-state index contributed by atoms with van der Waals surface area (Å²) in [6, 6.07) is 0. The molecule has 1 rings (SSSR count). The lowest BCUT2D eigenvalue weighted by atomic mass is 10.8. The number of nitrogens with zero attached hydrogens (tertiary/aromatic N) is 6. The Morgan fingerprint density at radius 1 is 1.18 bits per heavy atom. The maximum absolute atomic E-state index is 3.82. The Balaban J connectivity index is 2.96. The van der Waals surface area contributed by atoms with E-state index in [1.54, 1.807) is 9.80 Å². The molecule has 0 aliphatic rings. The number of hydrogen-bond donors (Lipinski definition) is 0. The van der Waals surface area contributed by atoms with Gasteiger partial charge in [0.2, 0.25) is 0 Å². The zero-order chi connectivity index (χ0) is 8.43. The summed E-state index contributed by atoms with van der Waals surface area (Å²) in [6.07, 6.45) is 0. The van der Waals surface area contributed by atoms with Crippen LogP contribution in [0.5, 0.6) is 0 Å². The highest BCUT2D eigenvalue weighted by molar-refractivity contribution is 5.25. The summed E-state index contributed by atoms with van der Waals surface area (Å²) >= 11 is 0. The molecule has 0 saturated heterocycles. The molecule has 0 bridgehead atoms. The first-order valence-electron chi connectivity index (χ1n) is 3.26. The molecule has 0 aromatic carbocycles. The van der Waals surface area contributed by atoms with E-state index in [0.717, 1.165) is 5.95 Å². The van der Waals surface area contributed by atoms with E-state index in [2.05, 4.69) is 15.5 Å². The van der Waals surface area contributed by atoms with Crippen LogP contribution in [-0.2, 0) is 0 Å². The molecule has 1 heterocycles. The summed E-state index contributed by atoms with van der Waals surface area (Å²) < 4.78 is 0. The number of hydrogen-bond acceptors (Lipinski definition) is 5. The Labute approximate surface area is 65.4 Å². The van der Waals surface area contributed by atoms with Crippen molar-refractivity contribution < 1.29 is 0 Å². The quantitative estimate of drug-likeness (QED) is 0.546. The van der Waals surface area contributed by atoms with E-state index in [0.29, 0.717) is 0 Å². The molecular weight excluding hydrogens is 144 g/mol. The van der Waals surface area contributed by atoms with Crippen LogP contribution >= 0.6 is 0 Å². The predicted octanol–water partition coefficient (Wildman–Crippen LogP) is -1.06. The molecule has 0 atom stereocenters. The average molecular weight is 156 g/mol. The minimum Gasteiger partial charge on any atom is -0.344 e. The Morgan fingerprint density at radius 2 is 1.82 bits per heavy atom. The Kier molecular flexibility index (Phi) is 1.93. The van der Waals surface area contributed by atoms with Crippen molar-refractivity contribution in [3.05, 3.63) is 0 Å². The van der Waals surface area contributed by atoms with Crippen LogP contribution in [0.2, 0.25) is 0 Å². The normalized spacial score (nSPS) is 9.82. The van der Waals surface area contributed by atoms with E-state index >= 15 is 0 Å². The number of tetrazole rings is 1. The monoisotopic (exact) mass is 156 g/mol. The Hall–Kier alpha value is -1.33.